The van der Waals surface area contributed by atoms with E-state index in [1.165, 1.54) is 12.7 Å². The van der Waals surface area contributed by atoms with Gasteiger partial charge in [-0.1, -0.05) is 6.42 Å². The van der Waals surface area contributed by atoms with Crippen molar-refractivity contribution in [1.82, 2.24) is 20.6 Å². The number of nitrogens with zero attached hydrogens (tertiary/aromatic N) is 1. The summed E-state index contributed by atoms with van der Waals surface area (Å²) >= 11 is 0. The Bertz CT molecular complexity index is 428. The highest BCUT2D eigenvalue weighted by atomic mass is 16.4. The number of aliphatic carboxylic acids is 1. The SMILES string of the molecule is O=C(NCC1CCC1)NC(Cc1cnc[nH]1)C(=O)O. The number of imidazole rings is 1. The van der Waals surface area contributed by atoms with Gasteiger partial charge in [0.1, 0.15) is 6.04 Å². The third-order valence-corrected chi connectivity index (χ3v) is 3.36. The van der Waals surface area contributed by atoms with Crippen LogP contribution in [0.25, 0.3) is 0 Å². The van der Waals surface area contributed by atoms with Crippen LogP contribution >= 0.6 is 0 Å². The standard InChI is InChI=1S/C12H18N4O3/c17-11(18)10(4-9-6-13-7-15-9)16-12(19)14-5-8-2-1-3-8/h6-8,10H,1-5H2,(H,13,15)(H,17,18)(H2,14,16,19). The molecule has 7 nitrogen and oxygen atoms in total. The third-order valence-electron chi connectivity index (χ3n) is 3.36. The molecule has 1 saturated carbocycles. The molecule has 1 aliphatic carbocycles. The van der Waals surface area contributed by atoms with Crippen LogP contribution in [0, 0.1) is 5.92 Å². The van der Waals surface area contributed by atoms with Gasteiger partial charge >= 0.3 is 12.0 Å². The van der Waals surface area contributed by atoms with Gasteiger partial charge in [-0.25, -0.2) is 14.6 Å². The first-order valence-electron chi connectivity index (χ1n) is 6.39. The molecule has 0 spiro atoms. The molecule has 1 unspecified atom stereocenters. The van der Waals surface area contributed by atoms with Gasteiger partial charge in [-0.2, -0.15) is 0 Å². The van der Waals surface area contributed by atoms with Crippen molar-refractivity contribution in [3.8, 4) is 0 Å². The zero-order valence-corrected chi connectivity index (χ0v) is 10.6. The van der Waals surface area contributed by atoms with E-state index >= 15 is 0 Å². The fraction of sp³-hybridized carbons (Fsp3) is 0.583. The second kappa shape index (κ2) is 6.21. The number of H-pyrrole nitrogens is 1. The number of amides is 2. The van der Waals surface area contributed by atoms with Crippen molar-refractivity contribution < 1.29 is 14.7 Å². The van der Waals surface area contributed by atoms with Gasteiger partial charge in [0, 0.05) is 24.9 Å². The maximum Gasteiger partial charge on any atom is 0.326 e. The Kier molecular flexibility index (Phi) is 4.38. The first kappa shape index (κ1) is 13.4. The number of urea groups is 1. The van der Waals surface area contributed by atoms with E-state index < -0.39 is 18.0 Å². The topological polar surface area (TPSA) is 107 Å². The van der Waals surface area contributed by atoms with Gasteiger partial charge < -0.3 is 20.7 Å². The number of carbonyl (C=O) groups excluding carboxylic acids is 1. The number of aromatic nitrogens is 2. The Labute approximate surface area is 110 Å². The highest BCUT2D eigenvalue weighted by molar-refractivity contribution is 5.82. The summed E-state index contributed by atoms with van der Waals surface area (Å²) in [6.07, 6.45) is 6.69. The normalized spacial score (nSPS) is 16.4. The van der Waals surface area contributed by atoms with Crippen LogP contribution in [-0.2, 0) is 11.2 Å². The fourth-order valence-electron chi connectivity index (χ4n) is 1.96. The van der Waals surface area contributed by atoms with Crippen molar-refractivity contribution >= 4 is 12.0 Å². The lowest BCUT2D eigenvalue weighted by atomic mass is 9.85. The molecule has 1 aromatic rings. The maximum atomic E-state index is 11.6. The molecule has 1 aliphatic rings. The van der Waals surface area contributed by atoms with E-state index in [4.69, 9.17) is 5.11 Å². The molecular formula is C12H18N4O3. The molecule has 0 radical (unpaired) electrons. The molecule has 4 N–H and O–H groups in total. The smallest absolute Gasteiger partial charge is 0.326 e. The van der Waals surface area contributed by atoms with Gasteiger partial charge in [-0.15, -0.1) is 0 Å². The summed E-state index contributed by atoms with van der Waals surface area (Å²) in [4.78, 5) is 29.3. The second-order valence-electron chi connectivity index (χ2n) is 4.82. The summed E-state index contributed by atoms with van der Waals surface area (Å²) in [6, 6.07) is -1.39. The molecule has 1 aromatic heterocycles. The molecule has 2 amide bonds. The summed E-state index contributed by atoms with van der Waals surface area (Å²) in [6.45, 7) is 0.613. The number of hydrogen-bond donors (Lipinski definition) is 4. The molecule has 2 rings (SSSR count). The number of carboxylic acids is 1. The lowest BCUT2D eigenvalue weighted by molar-refractivity contribution is -0.139. The number of carbonyl (C=O) groups is 2. The van der Waals surface area contributed by atoms with Crippen LogP contribution in [-0.4, -0.2) is 39.7 Å². The average molecular weight is 266 g/mol. The van der Waals surface area contributed by atoms with E-state index in [0.717, 1.165) is 12.8 Å². The average Bonchev–Trinajstić information content (AvgIpc) is 2.78. The summed E-state index contributed by atoms with van der Waals surface area (Å²) in [5.41, 5.74) is 0.673. The van der Waals surface area contributed by atoms with Crippen LogP contribution in [0.4, 0.5) is 4.79 Å². The Morgan fingerprint density at radius 1 is 1.53 bits per heavy atom. The molecule has 1 atom stereocenters. The molecule has 1 fully saturated rings. The van der Waals surface area contributed by atoms with Crippen LogP contribution in [0.1, 0.15) is 25.0 Å². The molecule has 7 heteroatoms. The van der Waals surface area contributed by atoms with Crippen LogP contribution < -0.4 is 10.6 Å². The van der Waals surface area contributed by atoms with Gasteiger partial charge in [0.15, 0.2) is 0 Å². The van der Waals surface area contributed by atoms with Crippen LogP contribution in [0.15, 0.2) is 12.5 Å². The van der Waals surface area contributed by atoms with Gasteiger partial charge in [0.2, 0.25) is 0 Å². The number of nitrogens with one attached hydrogen (secondary N) is 3. The van der Waals surface area contributed by atoms with Gasteiger partial charge in [-0.05, 0) is 18.8 Å². The minimum atomic E-state index is -1.06. The summed E-state index contributed by atoms with van der Waals surface area (Å²) < 4.78 is 0. The van der Waals surface area contributed by atoms with Crippen molar-refractivity contribution in [2.45, 2.75) is 31.7 Å². The van der Waals surface area contributed by atoms with Crippen molar-refractivity contribution in [1.29, 1.82) is 0 Å². The summed E-state index contributed by atoms with van der Waals surface area (Å²) in [5.74, 6) is -0.518. The van der Waals surface area contributed by atoms with Gasteiger partial charge in [0.25, 0.3) is 0 Å². The highest BCUT2D eigenvalue weighted by Crippen LogP contribution is 2.24. The predicted molar refractivity (Wildman–Crippen MR) is 67.6 cm³/mol. The van der Waals surface area contributed by atoms with Crippen LogP contribution in [0.3, 0.4) is 0 Å². The van der Waals surface area contributed by atoms with E-state index in [0.29, 0.717) is 18.2 Å². The number of aromatic amines is 1. The number of carboxylic acid groups (broad SMARTS) is 1. The predicted octanol–water partition coefficient (Wildman–Crippen LogP) is 0.505. The highest BCUT2D eigenvalue weighted by Gasteiger charge is 2.22. The van der Waals surface area contributed by atoms with Crippen LogP contribution in [0.5, 0.6) is 0 Å². The lowest BCUT2D eigenvalue weighted by Crippen LogP contribution is -2.48. The molecular weight excluding hydrogens is 248 g/mol. The fourth-order valence-corrected chi connectivity index (χ4v) is 1.96. The molecule has 0 aromatic carbocycles. The van der Waals surface area contributed by atoms with E-state index in [9.17, 15) is 9.59 Å². The molecule has 0 bridgehead atoms. The largest absolute Gasteiger partial charge is 0.480 e. The quantitative estimate of drug-likeness (QED) is 0.601. The Hall–Kier alpha value is -2.05. The zero-order chi connectivity index (χ0) is 13.7. The minimum Gasteiger partial charge on any atom is -0.480 e. The zero-order valence-electron chi connectivity index (χ0n) is 10.6. The van der Waals surface area contributed by atoms with Gasteiger partial charge in [0.05, 0.1) is 6.33 Å². The summed E-state index contributed by atoms with van der Waals surface area (Å²) in [5, 5.41) is 14.3. The number of rotatable bonds is 6. The number of hydrogen-bond acceptors (Lipinski definition) is 3. The molecule has 1 heterocycles. The third kappa shape index (κ3) is 3.97. The lowest BCUT2D eigenvalue weighted by Gasteiger charge is -2.25. The van der Waals surface area contributed by atoms with E-state index in [-0.39, 0.29) is 6.42 Å². The first-order chi connectivity index (χ1) is 9.15. The minimum absolute atomic E-state index is 0.187. The molecule has 0 saturated heterocycles. The van der Waals surface area contributed by atoms with E-state index in [1.54, 1.807) is 6.20 Å². The first-order valence-corrected chi connectivity index (χ1v) is 6.39. The maximum absolute atomic E-state index is 11.6. The van der Waals surface area contributed by atoms with Crippen molar-refractivity contribution in [3.63, 3.8) is 0 Å². The van der Waals surface area contributed by atoms with E-state index in [2.05, 4.69) is 20.6 Å². The monoisotopic (exact) mass is 266 g/mol. The molecule has 104 valence electrons. The summed E-state index contributed by atoms with van der Waals surface area (Å²) in [7, 11) is 0. The Morgan fingerprint density at radius 3 is 2.84 bits per heavy atom. The second-order valence-corrected chi connectivity index (χ2v) is 4.82. The van der Waals surface area contributed by atoms with Crippen molar-refractivity contribution in [3.05, 3.63) is 18.2 Å². The molecule has 0 aliphatic heterocycles. The Morgan fingerprint density at radius 2 is 2.32 bits per heavy atom. The van der Waals surface area contributed by atoms with Crippen LogP contribution in [0.2, 0.25) is 0 Å². The van der Waals surface area contributed by atoms with Crippen molar-refractivity contribution in [2.24, 2.45) is 5.92 Å². The Balaban J connectivity index is 1.78. The van der Waals surface area contributed by atoms with E-state index in [1.807, 2.05) is 0 Å². The van der Waals surface area contributed by atoms with Crippen molar-refractivity contribution in [2.75, 3.05) is 6.54 Å². The molecule has 19 heavy (non-hydrogen) atoms. The van der Waals surface area contributed by atoms with Gasteiger partial charge in [-0.3, -0.25) is 0 Å².